The summed E-state index contributed by atoms with van der Waals surface area (Å²) < 4.78 is 5.96. The van der Waals surface area contributed by atoms with Gasteiger partial charge < -0.3 is 10.1 Å². The Kier molecular flexibility index (Phi) is 4.56. The van der Waals surface area contributed by atoms with E-state index in [1.165, 1.54) is 5.56 Å². The van der Waals surface area contributed by atoms with E-state index < -0.39 is 5.54 Å². The number of thiophene rings is 1. The minimum absolute atomic E-state index is 0.0492. The summed E-state index contributed by atoms with van der Waals surface area (Å²) in [5.74, 6) is 0.769. The zero-order valence-electron chi connectivity index (χ0n) is 14.9. The number of hydrogen-bond acceptors (Lipinski definition) is 4. The molecule has 0 radical (unpaired) electrons. The van der Waals surface area contributed by atoms with E-state index in [1.807, 2.05) is 32.9 Å². The van der Waals surface area contributed by atoms with Crippen LogP contribution in [0.1, 0.15) is 37.6 Å². The van der Waals surface area contributed by atoms with E-state index >= 15 is 0 Å². The second-order valence-corrected chi connectivity index (χ2v) is 7.83. The maximum atomic E-state index is 11.9. The van der Waals surface area contributed by atoms with Gasteiger partial charge in [-0.1, -0.05) is 11.6 Å². The van der Waals surface area contributed by atoms with Crippen molar-refractivity contribution in [2.75, 3.05) is 0 Å². The summed E-state index contributed by atoms with van der Waals surface area (Å²) in [6.07, 6.45) is 0.402. The van der Waals surface area contributed by atoms with Gasteiger partial charge in [-0.05, 0) is 56.8 Å². The molecule has 1 aromatic heterocycles. The van der Waals surface area contributed by atoms with E-state index in [4.69, 9.17) is 10.1 Å². The molecule has 132 valence electrons. The lowest BCUT2D eigenvalue weighted by molar-refractivity contribution is -0.121. The number of benzene rings is 1. The third kappa shape index (κ3) is 3.69. The molecule has 1 atom stereocenters. The fraction of sp³-hybridized carbons (Fsp3) is 0.368. The number of hydrogen-bond donors (Lipinski definition) is 3. The molecule has 1 aliphatic rings. The number of carbonyl (C=O) groups excluding carboxylic acids is 1. The van der Waals surface area contributed by atoms with Crippen LogP contribution < -0.4 is 15.4 Å². The van der Waals surface area contributed by atoms with Crippen molar-refractivity contribution < 1.29 is 9.53 Å². The van der Waals surface area contributed by atoms with E-state index in [0.717, 1.165) is 21.8 Å². The number of aryl methyl sites for hydroxylation is 1. The number of rotatable bonds is 4. The van der Waals surface area contributed by atoms with E-state index in [1.54, 1.807) is 11.3 Å². The van der Waals surface area contributed by atoms with Gasteiger partial charge in [0.1, 0.15) is 5.75 Å². The van der Waals surface area contributed by atoms with Gasteiger partial charge in [-0.15, -0.1) is 11.3 Å². The van der Waals surface area contributed by atoms with E-state index in [2.05, 4.69) is 35.1 Å². The Morgan fingerprint density at radius 2 is 2.08 bits per heavy atom. The normalized spacial score (nSPS) is 20.4. The SMILES string of the molecule is Cc1ccc(OC(C)C)c(-c2csc([C@]3(C)CC(=O)NC(=N)N3)c2)c1. The lowest BCUT2D eigenvalue weighted by Crippen LogP contribution is -2.57. The Labute approximate surface area is 151 Å². The zero-order chi connectivity index (χ0) is 18.2. The summed E-state index contributed by atoms with van der Waals surface area (Å²) >= 11 is 1.59. The molecule has 5 nitrogen and oxygen atoms in total. The van der Waals surface area contributed by atoms with Crippen LogP contribution in [0.15, 0.2) is 29.6 Å². The summed E-state index contributed by atoms with van der Waals surface area (Å²) in [5.41, 5.74) is 2.72. The summed E-state index contributed by atoms with van der Waals surface area (Å²) in [6.45, 7) is 8.04. The van der Waals surface area contributed by atoms with Crippen LogP contribution in [0.3, 0.4) is 0 Å². The summed E-state index contributed by atoms with van der Waals surface area (Å²) in [4.78, 5) is 12.9. The molecular formula is C19H23N3O2S. The molecule has 1 aromatic carbocycles. The number of carbonyl (C=O) groups is 1. The lowest BCUT2D eigenvalue weighted by atomic mass is 9.92. The van der Waals surface area contributed by atoms with Crippen molar-refractivity contribution in [2.45, 2.75) is 45.8 Å². The third-order valence-corrected chi connectivity index (χ3v) is 5.33. The molecule has 0 unspecified atom stereocenters. The molecule has 0 aliphatic carbocycles. The predicted molar refractivity (Wildman–Crippen MR) is 101 cm³/mol. The molecule has 2 heterocycles. The Morgan fingerprint density at radius 1 is 1.32 bits per heavy atom. The van der Waals surface area contributed by atoms with Gasteiger partial charge in [0.05, 0.1) is 18.1 Å². The van der Waals surface area contributed by atoms with E-state index in [0.29, 0.717) is 6.42 Å². The average molecular weight is 357 g/mol. The molecule has 0 spiro atoms. The highest BCUT2D eigenvalue weighted by Crippen LogP contribution is 2.39. The Hall–Kier alpha value is -2.34. The molecule has 6 heteroatoms. The number of amides is 1. The first-order valence-corrected chi connectivity index (χ1v) is 9.18. The Bertz CT molecular complexity index is 810. The Morgan fingerprint density at radius 3 is 2.76 bits per heavy atom. The average Bonchev–Trinajstić information content (AvgIpc) is 2.97. The molecule has 3 N–H and O–H groups in total. The quantitative estimate of drug-likeness (QED) is 0.780. The first-order valence-electron chi connectivity index (χ1n) is 8.30. The van der Waals surface area contributed by atoms with Crippen LogP contribution in [0.2, 0.25) is 0 Å². The summed E-state index contributed by atoms with van der Waals surface area (Å²) in [6, 6.07) is 8.26. The van der Waals surface area contributed by atoms with Gasteiger partial charge in [-0.2, -0.15) is 0 Å². The van der Waals surface area contributed by atoms with Crippen molar-refractivity contribution in [2.24, 2.45) is 0 Å². The summed E-state index contributed by atoms with van der Waals surface area (Å²) in [5, 5.41) is 15.5. The minimum atomic E-state index is -0.564. The van der Waals surface area contributed by atoms with Gasteiger partial charge in [0.2, 0.25) is 5.91 Å². The standard InChI is InChI=1S/C19H23N3O2S/c1-11(2)24-15-6-5-12(3)7-14(15)13-8-16(25-10-13)19(4)9-17(23)21-18(20)22-19/h5-8,10-11H,9H2,1-4H3,(H3,20,21,22,23)/t19-/m0/s1. The van der Waals surface area contributed by atoms with Crippen molar-refractivity contribution in [3.05, 3.63) is 40.1 Å². The molecule has 1 saturated heterocycles. The second-order valence-electron chi connectivity index (χ2n) is 6.92. The third-order valence-electron chi connectivity index (χ3n) is 4.13. The van der Waals surface area contributed by atoms with Gasteiger partial charge in [-0.3, -0.25) is 15.5 Å². The van der Waals surface area contributed by atoms with Crippen molar-refractivity contribution in [1.82, 2.24) is 10.6 Å². The monoisotopic (exact) mass is 357 g/mol. The topological polar surface area (TPSA) is 74.2 Å². The highest BCUT2D eigenvalue weighted by molar-refractivity contribution is 7.10. The van der Waals surface area contributed by atoms with Gasteiger partial charge >= 0.3 is 0 Å². The molecule has 0 saturated carbocycles. The zero-order valence-corrected chi connectivity index (χ0v) is 15.7. The van der Waals surface area contributed by atoms with Gasteiger partial charge in [0.25, 0.3) is 0 Å². The van der Waals surface area contributed by atoms with Gasteiger partial charge in [0, 0.05) is 10.4 Å². The molecule has 3 rings (SSSR count). The molecular weight excluding hydrogens is 334 g/mol. The van der Waals surface area contributed by atoms with Crippen LogP contribution in [-0.2, 0) is 10.3 Å². The molecule has 2 aromatic rings. The van der Waals surface area contributed by atoms with Crippen molar-refractivity contribution in [3.63, 3.8) is 0 Å². The minimum Gasteiger partial charge on any atom is -0.490 e. The number of nitrogens with one attached hydrogen (secondary N) is 3. The van der Waals surface area contributed by atoms with Crippen LogP contribution in [0.5, 0.6) is 5.75 Å². The van der Waals surface area contributed by atoms with Crippen LogP contribution in [0.25, 0.3) is 11.1 Å². The first-order chi connectivity index (χ1) is 11.8. The molecule has 0 bridgehead atoms. The Balaban J connectivity index is 1.98. The molecule has 25 heavy (non-hydrogen) atoms. The fourth-order valence-electron chi connectivity index (χ4n) is 3.00. The van der Waals surface area contributed by atoms with E-state index in [9.17, 15) is 4.79 Å². The number of ether oxygens (including phenoxy) is 1. The first kappa shape index (κ1) is 17.5. The van der Waals surface area contributed by atoms with Gasteiger partial charge in [0.15, 0.2) is 5.96 Å². The second kappa shape index (κ2) is 6.52. The maximum absolute atomic E-state index is 11.9. The molecule has 1 fully saturated rings. The predicted octanol–water partition coefficient (Wildman–Crippen LogP) is 3.77. The maximum Gasteiger partial charge on any atom is 0.229 e. The lowest BCUT2D eigenvalue weighted by Gasteiger charge is -2.34. The largest absolute Gasteiger partial charge is 0.490 e. The van der Waals surface area contributed by atoms with E-state index in [-0.39, 0.29) is 18.0 Å². The fourth-order valence-corrected chi connectivity index (χ4v) is 4.02. The number of guanidine groups is 1. The smallest absolute Gasteiger partial charge is 0.229 e. The van der Waals surface area contributed by atoms with Gasteiger partial charge in [-0.25, -0.2) is 0 Å². The van der Waals surface area contributed by atoms with Crippen LogP contribution >= 0.6 is 11.3 Å². The highest BCUT2D eigenvalue weighted by Gasteiger charge is 2.36. The van der Waals surface area contributed by atoms with Crippen LogP contribution in [0, 0.1) is 12.3 Å². The highest BCUT2D eigenvalue weighted by atomic mass is 32.1. The van der Waals surface area contributed by atoms with Crippen LogP contribution in [0.4, 0.5) is 0 Å². The van der Waals surface area contributed by atoms with Crippen LogP contribution in [-0.4, -0.2) is 18.0 Å². The molecule has 1 amide bonds. The molecule has 1 aliphatic heterocycles. The van der Waals surface area contributed by atoms with Crippen molar-refractivity contribution in [1.29, 1.82) is 5.41 Å². The van der Waals surface area contributed by atoms with Crippen molar-refractivity contribution >= 4 is 23.2 Å². The summed E-state index contributed by atoms with van der Waals surface area (Å²) in [7, 11) is 0. The van der Waals surface area contributed by atoms with Crippen molar-refractivity contribution in [3.8, 4) is 16.9 Å².